The van der Waals surface area contributed by atoms with Crippen LogP contribution in [0.2, 0.25) is 0 Å². The molecule has 0 aromatic carbocycles. The summed E-state index contributed by atoms with van der Waals surface area (Å²) in [5.41, 5.74) is 0. The lowest BCUT2D eigenvalue weighted by Crippen LogP contribution is -2.45. The van der Waals surface area contributed by atoms with Crippen LogP contribution in [0.3, 0.4) is 0 Å². The van der Waals surface area contributed by atoms with Crippen molar-refractivity contribution in [1.29, 1.82) is 0 Å². The largest absolute Gasteiger partial charge is 0.466 e. The highest BCUT2D eigenvalue weighted by molar-refractivity contribution is 5.76. The van der Waals surface area contributed by atoms with Gasteiger partial charge < -0.3 is 20.3 Å². The van der Waals surface area contributed by atoms with E-state index in [4.69, 9.17) is 4.74 Å². The smallest absolute Gasteiger partial charge is 0.305 e. The van der Waals surface area contributed by atoms with Crippen molar-refractivity contribution in [3.8, 4) is 0 Å². The number of allylic oxidation sites excluding steroid dienone is 3. The first-order chi connectivity index (χ1) is 39.5. The number of rotatable bonds is 69. The molecule has 0 heterocycles. The average molecular weight is 1130 g/mol. The lowest BCUT2D eigenvalue weighted by atomic mass is 10.0. The summed E-state index contributed by atoms with van der Waals surface area (Å²) in [7, 11) is 0. The number of carbonyl (C=O) groups is 2. The van der Waals surface area contributed by atoms with Crippen LogP contribution in [0, 0.1) is 0 Å². The number of nitrogens with one attached hydrogen (secondary N) is 1. The third-order valence-electron chi connectivity index (χ3n) is 17.2. The summed E-state index contributed by atoms with van der Waals surface area (Å²) < 4.78 is 5.50. The van der Waals surface area contributed by atoms with Crippen LogP contribution >= 0.6 is 0 Å². The molecule has 6 heteroatoms. The minimum Gasteiger partial charge on any atom is -0.466 e. The van der Waals surface area contributed by atoms with E-state index >= 15 is 0 Å². The molecule has 0 rings (SSSR count). The Kier molecular flexibility index (Phi) is 68.4. The van der Waals surface area contributed by atoms with Crippen LogP contribution in [0.15, 0.2) is 24.3 Å². The molecule has 0 aliphatic carbocycles. The zero-order valence-electron chi connectivity index (χ0n) is 54.3. The summed E-state index contributed by atoms with van der Waals surface area (Å²) in [6.07, 6.45) is 88.4. The molecule has 0 fully saturated rings. The predicted molar refractivity (Wildman–Crippen MR) is 352 cm³/mol. The quantitative estimate of drug-likeness (QED) is 0.0320. The van der Waals surface area contributed by atoms with E-state index in [0.717, 1.165) is 38.5 Å². The van der Waals surface area contributed by atoms with Crippen LogP contribution in [0.1, 0.15) is 412 Å². The molecule has 0 aliphatic rings. The van der Waals surface area contributed by atoms with Crippen molar-refractivity contribution in [2.45, 2.75) is 424 Å². The molecular weight excluding hydrogens is 983 g/mol. The van der Waals surface area contributed by atoms with Gasteiger partial charge >= 0.3 is 5.97 Å². The van der Waals surface area contributed by atoms with Gasteiger partial charge in [0.25, 0.3) is 0 Å². The van der Waals surface area contributed by atoms with E-state index in [9.17, 15) is 19.8 Å². The Labute approximate surface area is 501 Å². The van der Waals surface area contributed by atoms with Gasteiger partial charge in [0.2, 0.25) is 5.91 Å². The first-order valence-electron chi connectivity index (χ1n) is 36.6. The number of carbonyl (C=O) groups excluding carboxylic acids is 2. The number of hydrogen-bond donors (Lipinski definition) is 3. The minimum absolute atomic E-state index is 0.0191. The van der Waals surface area contributed by atoms with E-state index in [-0.39, 0.29) is 18.5 Å². The molecule has 474 valence electrons. The number of aliphatic hydroxyl groups excluding tert-OH is 2. The Bertz CT molecular complexity index is 1250. The van der Waals surface area contributed by atoms with Gasteiger partial charge in [-0.3, -0.25) is 9.59 Å². The Morgan fingerprint density at radius 1 is 0.338 bits per heavy atom. The molecule has 3 N–H and O–H groups in total. The van der Waals surface area contributed by atoms with Crippen molar-refractivity contribution in [3.05, 3.63) is 24.3 Å². The lowest BCUT2D eigenvalue weighted by Gasteiger charge is -2.20. The number of aliphatic hydroxyl groups is 2. The van der Waals surface area contributed by atoms with Gasteiger partial charge in [-0.05, 0) is 57.8 Å². The van der Waals surface area contributed by atoms with Crippen LogP contribution < -0.4 is 5.32 Å². The fraction of sp³-hybridized carbons (Fsp3) is 0.919. The Morgan fingerprint density at radius 2 is 0.588 bits per heavy atom. The Balaban J connectivity index is 3.39. The standard InChI is InChI=1S/C74H143NO5/c1-3-5-7-9-11-13-15-17-19-21-22-32-35-38-42-46-50-54-58-62-66-72(77)71(70-76)75-73(78)67-63-59-55-51-47-43-39-36-33-30-28-26-24-23-25-27-29-31-34-37-41-45-49-53-57-61-65-69-80-74(79)68-64-60-56-52-48-44-40-20-18-16-14-12-10-8-6-4-2/h23-24,62,66,71-72,76-77H,3-22,25-61,63-65,67-70H2,1-2H3,(H,75,78)/b24-23-,66-62+. The molecule has 0 saturated heterocycles. The van der Waals surface area contributed by atoms with Crippen molar-refractivity contribution in [2.24, 2.45) is 0 Å². The van der Waals surface area contributed by atoms with Crippen molar-refractivity contribution in [3.63, 3.8) is 0 Å². The maximum absolute atomic E-state index is 12.5. The maximum Gasteiger partial charge on any atom is 0.305 e. The van der Waals surface area contributed by atoms with Gasteiger partial charge in [-0.1, -0.05) is 366 Å². The number of hydrogen-bond acceptors (Lipinski definition) is 5. The molecular formula is C74H143NO5. The minimum atomic E-state index is -0.846. The zero-order chi connectivity index (χ0) is 57.8. The molecule has 0 spiro atoms. The highest BCUT2D eigenvalue weighted by Gasteiger charge is 2.18. The van der Waals surface area contributed by atoms with E-state index in [2.05, 4.69) is 31.3 Å². The number of ether oxygens (including phenoxy) is 1. The van der Waals surface area contributed by atoms with Crippen LogP contribution in [-0.4, -0.2) is 47.4 Å². The second-order valence-corrected chi connectivity index (χ2v) is 25.3. The molecule has 0 aliphatic heterocycles. The maximum atomic E-state index is 12.5. The molecule has 0 aromatic heterocycles. The molecule has 80 heavy (non-hydrogen) atoms. The number of unbranched alkanes of at least 4 members (excludes halogenated alkanes) is 56. The molecule has 0 radical (unpaired) electrons. The fourth-order valence-electron chi connectivity index (χ4n) is 11.6. The molecule has 2 atom stereocenters. The highest BCUT2D eigenvalue weighted by Crippen LogP contribution is 2.19. The van der Waals surface area contributed by atoms with Gasteiger partial charge in [0.05, 0.1) is 25.4 Å². The predicted octanol–water partition coefficient (Wildman–Crippen LogP) is 23.7. The number of amides is 1. The van der Waals surface area contributed by atoms with E-state index in [1.165, 1.54) is 347 Å². The summed E-state index contributed by atoms with van der Waals surface area (Å²) in [4.78, 5) is 24.6. The van der Waals surface area contributed by atoms with Gasteiger partial charge in [0.1, 0.15) is 0 Å². The van der Waals surface area contributed by atoms with Crippen LogP contribution in [0.25, 0.3) is 0 Å². The molecule has 0 bridgehead atoms. The average Bonchev–Trinajstić information content (AvgIpc) is 3.46. The summed E-state index contributed by atoms with van der Waals surface area (Å²) in [6.45, 7) is 4.95. The highest BCUT2D eigenvalue weighted by atomic mass is 16.5. The van der Waals surface area contributed by atoms with E-state index in [1.54, 1.807) is 6.08 Å². The van der Waals surface area contributed by atoms with Crippen LogP contribution in [-0.2, 0) is 14.3 Å². The first kappa shape index (κ1) is 78.3. The van der Waals surface area contributed by atoms with Gasteiger partial charge in [-0.25, -0.2) is 0 Å². The van der Waals surface area contributed by atoms with Crippen molar-refractivity contribution in [2.75, 3.05) is 13.2 Å². The van der Waals surface area contributed by atoms with Gasteiger partial charge in [0.15, 0.2) is 0 Å². The van der Waals surface area contributed by atoms with E-state index < -0.39 is 12.1 Å². The normalized spacial score (nSPS) is 12.6. The topological polar surface area (TPSA) is 95.9 Å². The SMILES string of the molecule is CCCCCCCCCCCCCCCCCCCC/C=C/C(O)C(CO)NC(=O)CCCCCCCCCCCCC/C=C\CCCCCCCCCCCCCCOC(=O)CCCCCCCCCCCCCCCCCC. The molecule has 2 unspecified atom stereocenters. The number of esters is 1. The second-order valence-electron chi connectivity index (χ2n) is 25.3. The van der Waals surface area contributed by atoms with Crippen molar-refractivity contribution in [1.82, 2.24) is 5.32 Å². The summed E-state index contributed by atoms with van der Waals surface area (Å²) in [5, 5.41) is 23.2. The van der Waals surface area contributed by atoms with Crippen LogP contribution in [0.5, 0.6) is 0 Å². The fourth-order valence-corrected chi connectivity index (χ4v) is 11.6. The van der Waals surface area contributed by atoms with E-state index in [0.29, 0.717) is 19.4 Å². The van der Waals surface area contributed by atoms with Crippen LogP contribution in [0.4, 0.5) is 0 Å². The second kappa shape index (κ2) is 69.8. The summed E-state index contributed by atoms with van der Waals surface area (Å²) in [5.74, 6) is -0.0457. The van der Waals surface area contributed by atoms with E-state index in [1.807, 2.05) is 6.08 Å². The zero-order valence-corrected chi connectivity index (χ0v) is 54.3. The molecule has 6 nitrogen and oxygen atoms in total. The molecule has 0 saturated carbocycles. The van der Waals surface area contributed by atoms with Gasteiger partial charge in [-0.2, -0.15) is 0 Å². The lowest BCUT2D eigenvalue weighted by molar-refractivity contribution is -0.143. The Hall–Kier alpha value is -1.66. The van der Waals surface area contributed by atoms with Gasteiger partial charge in [0, 0.05) is 12.8 Å². The third kappa shape index (κ3) is 65.5. The van der Waals surface area contributed by atoms with Crippen molar-refractivity contribution < 1.29 is 24.5 Å². The summed E-state index contributed by atoms with van der Waals surface area (Å²) in [6, 6.07) is -0.629. The third-order valence-corrected chi connectivity index (χ3v) is 17.2. The molecule has 1 amide bonds. The Morgan fingerprint density at radius 3 is 0.887 bits per heavy atom. The van der Waals surface area contributed by atoms with Crippen molar-refractivity contribution >= 4 is 11.9 Å². The monoisotopic (exact) mass is 1130 g/mol. The summed E-state index contributed by atoms with van der Waals surface area (Å²) >= 11 is 0. The molecule has 0 aromatic rings. The first-order valence-corrected chi connectivity index (χ1v) is 36.6. The van der Waals surface area contributed by atoms with Gasteiger partial charge in [-0.15, -0.1) is 0 Å².